The van der Waals surface area contributed by atoms with Gasteiger partial charge in [0.2, 0.25) is 0 Å². The molecule has 0 aromatic rings. The van der Waals surface area contributed by atoms with Crippen molar-refractivity contribution in [2.24, 2.45) is 0 Å². The average Bonchev–Trinajstić information content (AvgIpc) is 2.60. The van der Waals surface area contributed by atoms with E-state index in [0.29, 0.717) is 12.8 Å². The number of carbonyl (C=O) groups is 4. The molecule has 0 aliphatic heterocycles. The summed E-state index contributed by atoms with van der Waals surface area (Å²) in [4.78, 5) is 38.2. The number of hydrogen-bond donors (Lipinski definition) is 4. The molecule has 0 aromatic heterocycles. The van der Waals surface area contributed by atoms with Crippen molar-refractivity contribution in [2.75, 3.05) is 0 Å². The minimum Gasteiger partial charge on any atom is -0.481 e. The monoisotopic (exact) mass is 436 g/mol. The van der Waals surface area contributed by atoms with Gasteiger partial charge in [-0.1, -0.05) is 78.1 Å². The molecule has 8 heteroatoms. The Bertz CT molecular complexity index is 362. The molecule has 0 radical (unpaired) electrons. The van der Waals surface area contributed by atoms with Crippen molar-refractivity contribution in [1.82, 2.24) is 0 Å². The van der Waals surface area contributed by atoms with E-state index in [4.69, 9.17) is 30.0 Å². The van der Waals surface area contributed by atoms with Crippen LogP contribution in [0.1, 0.15) is 118 Å². The lowest BCUT2D eigenvalue weighted by molar-refractivity contribution is -0.138. The highest BCUT2D eigenvalue weighted by atomic mass is 16.4. The maximum Gasteiger partial charge on any atom is 0.303 e. The third kappa shape index (κ3) is 83.2. The van der Waals surface area contributed by atoms with E-state index in [0.717, 1.165) is 39.5 Å². The molecule has 0 bridgehead atoms. The Kier molecular flexibility index (Phi) is 37.2. The van der Waals surface area contributed by atoms with Crippen molar-refractivity contribution in [3.63, 3.8) is 0 Å². The molecule has 0 fully saturated rings. The van der Waals surface area contributed by atoms with Crippen LogP contribution in [0.3, 0.4) is 0 Å². The molecule has 8 nitrogen and oxygen atoms in total. The maximum atomic E-state index is 10.1. The molecule has 30 heavy (non-hydrogen) atoms. The average molecular weight is 437 g/mol. The molecule has 0 rings (SSSR count). The number of aliphatic carboxylic acids is 4. The Hall–Kier alpha value is -2.12. The Balaban J connectivity index is -0.000000167. The van der Waals surface area contributed by atoms with Gasteiger partial charge in [-0.3, -0.25) is 19.2 Å². The predicted molar refractivity (Wildman–Crippen MR) is 118 cm³/mol. The molecule has 0 spiro atoms. The SMILES string of the molecule is CC(=O)O.CC(=O)O.CCCCCCCCC(=O)O.CCCCCCCCC(=O)O. The van der Waals surface area contributed by atoms with E-state index >= 15 is 0 Å². The molecule has 0 aliphatic carbocycles. The first-order valence-electron chi connectivity index (χ1n) is 10.8. The van der Waals surface area contributed by atoms with Crippen LogP contribution in [-0.4, -0.2) is 44.3 Å². The van der Waals surface area contributed by atoms with Crippen molar-refractivity contribution in [3.8, 4) is 0 Å². The molecular weight excluding hydrogens is 392 g/mol. The number of carboxylic acids is 4. The van der Waals surface area contributed by atoms with Crippen LogP contribution in [0.4, 0.5) is 0 Å². The van der Waals surface area contributed by atoms with E-state index in [1.54, 1.807) is 0 Å². The van der Waals surface area contributed by atoms with Crippen LogP contribution in [-0.2, 0) is 19.2 Å². The number of rotatable bonds is 14. The summed E-state index contributed by atoms with van der Waals surface area (Å²) in [5.74, 6) is -3.00. The first-order chi connectivity index (χ1) is 14.0. The lowest BCUT2D eigenvalue weighted by Gasteiger charge is -1.97. The minimum absolute atomic E-state index is 0.339. The molecule has 0 aliphatic rings. The zero-order valence-electron chi connectivity index (χ0n) is 19.3. The molecule has 0 atom stereocenters. The maximum absolute atomic E-state index is 10.1. The van der Waals surface area contributed by atoms with Gasteiger partial charge in [-0.05, 0) is 12.8 Å². The van der Waals surface area contributed by atoms with Crippen molar-refractivity contribution in [2.45, 2.75) is 118 Å². The lowest BCUT2D eigenvalue weighted by Crippen LogP contribution is -1.93. The molecule has 180 valence electrons. The van der Waals surface area contributed by atoms with Gasteiger partial charge in [-0.2, -0.15) is 0 Å². The molecule has 0 heterocycles. The molecule has 0 aromatic carbocycles. The number of unbranched alkanes of at least 4 members (excludes halogenated alkanes) is 10. The van der Waals surface area contributed by atoms with E-state index in [1.807, 2.05) is 0 Å². The van der Waals surface area contributed by atoms with E-state index < -0.39 is 23.9 Å². The molecule has 0 unspecified atom stereocenters. The zero-order valence-corrected chi connectivity index (χ0v) is 19.3. The highest BCUT2D eigenvalue weighted by molar-refractivity contribution is 5.66. The van der Waals surface area contributed by atoms with Gasteiger partial charge in [0.1, 0.15) is 0 Å². The fourth-order valence-corrected chi connectivity index (χ4v) is 2.11. The fourth-order valence-electron chi connectivity index (χ4n) is 2.11. The Morgan fingerprint density at radius 2 is 0.667 bits per heavy atom. The normalized spacial score (nSPS) is 8.93. The summed E-state index contributed by atoms with van der Waals surface area (Å²) < 4.78 is 0. The fraction of sp³-hybridized carbons (Fsp3) is 0.818. The molecular formula is C22H44O8. The lowest BCUT2D eigenvalue weighted by atomic mass is 10.1. The van der Waals surface area contributed by atoms with Crippen LogP contribution in [0.25, 0.3) is 0 Å². The summed E-state index contributed by atoms with van der Waals surface area (Å²) in [7, 11) is 0. The van der Waals surface area contributed by atoms with Gasteiger partial charge in [0.15, 0.2) is 0 Å². The van der Waals surface area contributed by atoms with Crippen LogP contribution < -0.4 is 0 Å². The van der Waals surface area contributed by atoms with Crippen molar-refractivity contribution in [3.05, 3.63) is 0 Å². The second-order valence-electron chi connectivity index (χ2n) is 6.86. The van der Waals surface area contributed by atoms with Gasteiger partial charge in [-0.25, -0.2) is 0 Å². The van der Waals surface area contributed by atoms with Gasteiger partial charge in [0.25, 0.3) is 11.9 Å². The Morgan fingerprint density at radius 1 is 0.467 bits per heavy atom. The van der Waals surface area contributed by atoms with Crippen molar-refractivity contribution in [1.29, 1.82) is 0 Å². The van der Waals surface area contributed by atoms with Gasteiger partial charge >= 0.3 is 11.9 Å². The van der Waals surface area contributed by atoms with E-state index in [9.17, 15) is 9.59 Å². The third-order valence-corrected chi connectivity index (χ3v) is 3.49. The standard InChI is InChI=1S/2C9H18O2.2C2H4O2/c2*1-2-3-4-5-6-7-8-9(10)11;2*1-2(3)4/h2*2-8H2,1H3,(H,10,11);2*1H3,(H,3,4). The number of carboxylic acid groups (broad SMARTS) is 4. The largest absolute Gasteiger partial charge is 0.481 e. The van der Waals surface area contributed by atoms with Gasteiger partial charge in [0, 0.05) is 26.7 Å². The summed E-state index contributed by atoms with van der Waals surface area (Å²) >= 11 is 0. The summed E-state index contributed by atoms with van der Waals surface area (Å²) in [5, 5.41) is 31.5. The van der Waals surface area contributed by atoms with Gasteiger partial charge in [0.05, 0.1) is 0 Å². The molecule has 0 amide bonds. The summed E-state index contributed by atoms with van der Waals surface area (Å²) in [5.41, 5.74) is 0. The molecule has 0 saturated carbocycles. The van der Waals surface area contributed by atoms with Crippen LogP contribution in [0, 0.1) is 0 Å². The second-order valence-corrected chi connectivity index (χ2v) is 6.86. The summed E-state index contributed by atoms with van der Waals surface area (Å²) in [6, 6.07) is 0. The van der Waals surface area contributed by atoms with Gasteiger partial charge < -0.3 is 20.4 Å². The molecule has 4 N–H and O–H groups in total. The van der Waals surface area contributed by atoms with Crippen LogP contribution in [0.2, 0.25) is 0 Å². The van der Waals surface area contributed by atoms with Crippen LogP contribution in [0.15, 0.2) is 0 Å². The predicted octanol–water partition coefficient (Wildman–Crippen LogP) is 5.83. The quantitative estimate of drug-likeness (QED) is 0.249. The van der Waals surface area contributed by atoms with Crippen LogP contribution in [0.5, 0.6) is 0 Å². The van der Waals surface area contributed by atoms with E-state index in [1.165, 1.54) is 51.4 Å². The van der Waals surface area contributed by atoms with Gasteiger partial charge in [-0.15, -0.1) is 0 Å². The topological polar surface area (TPSA) is 149 Å². The Morgan fingerprint density at radius 3 is 0.867 bits per heavy atom. The first-order valence-corrected chi connectivity index (χ1v) is 10.8. The minimum atomic E-state index is -0.833. The highest BCUT2D eigenvalue weighted by Crippen LogP contribution is 2.07. The molecule has 0 saturated heterocycles. The smallest absolute Gasteiger partial charge is 0.303 e. The number of hydrogen-bond acceptors (Lipinski definition) is 4. The second kappa shape index (κ2) is 31.6. The van der Waals surface area contributed by atoms with Crippen molar-refractivity contribution < 1.29 is 39.6 Å². The summed E-state index contributed by atoms with van der Waals surface area (Å²) in [6.45, 7) is 6.52. The third-order valence-electron chi connectivity index (χ3n) is 3.49. The Labute approximate surface area is 181 Å². The van der Waals surface area contributed by atoms with Crippen LogP contribution >= 0.6 is 0 Å². The van der Waals surface area contributed by atoms with E-state index in [2.05, 4.69) is 13.8 Å². The highest BCUT2D eigenvalue weighted by Gasteiger charge is 1.96. The summed E-state index contributed by atoms with van der Waals surface area (Å²) in [6.07, 6.45) is 14.5. The first kappa shape index (κ1) is 35.3. The zero-order chi connectivity index (χ0) is 24.2. The van der Waals surface area contributed by atoms with Crippen molar-refractivity contribution >= 4 is 23.9 Å². The van der Waals surface area contributed by atoms with E-state index in [-0.39, 0.29) is 0 Å².